The minimum Gasteiger partial charge on any atom is -0.459 e. The number of halogens is 2. The van der Waals surface area contributed by atoms with E-state index in [9.17, 15) is 0 Å². The minimum atomic E-state index is -0.353. The lowest BCUT2D eigenvalue weighted by molar-refractivity contribution is 0.477. The number of fused-ring (bicyclic) bond motifs is 1. The highest BCUT2D eigenvalue weighted by Crippen LogP contribution is 2.34. The number of para-hydroxylation sites is 1. The van der Waals surface area contributed by atoms with E-state index in [1.807, 2.05) is 42.5 Å². The fourth-order valence-corrected chi connectivity index (χ4v) is 2.63. The molecule has 102 valence electrons. The summed E-state index contributed by atoms with van der Waals surface area (Å²) in [6.07, 6.45) is 0. The van der Waals surface area contributed by atoms with E-state index in [0.29, 0.717) is 15.8 Å². The maximum atomic E-state index is 6.25. The minimum absolute atomic E-state index is 0.353. The first-order valence-corrected chi connectivity index (χ1v) is 6.85. The SMILES string of the molecule is NNC(c1cc2ccccc2o1)c1cccc(Cl)c1Cl. The lowest BCUT2D eigenvalue weighted by Crippen LogP contribution is -2.28. The highest BCUT2D eigenvalue weighted by atomic mass is 35.5. The number of hydrogen-bond donors (Lipinski definition) is 2. The highest BCUT2D eigenvalue weighted by molar-refractivity contribution is 6.42. The maximum absolute atomic E-state index is 6.25. The van der Waals surface area contributed by atoms with Gasteiger partial charge in [-0.3, -0.25) is 5.84 Å². The van der Waals surface area contributed by atoms with Gasteiger partial charge in [0.1, 0.15) is 17.4 Å². The third kappa shape index (κ3) is 2.30. The first-order chi connectivity index (χ1) is 9.70. The van der Waals surface area contributed by atoms with Crippen molar-refractivity contribution in [3.05, 3.63) is 69.9 Å². The summed E-state index contributed by atoms with van der Waals surface area (Å²) in [5, 5.41) is 1.97. The molecule has 3 rings (SSSR count). The molecular formula is C15H12Cl2N2O. The fraction of sp³-hybridized carbons (Fsp3) is 0.0667. The fourth-order valence-electron chi connectivity index (χ4n) is 2.21. The zero-order chi connectivity index (χ0) is 14.1. The summed E-state index contributed by atoms with van der Waals surface area (Å²) in [7, 11) is 0. The molecule has 3 nitrogen and oxygen atoms in total. The van der Waals surface area contributed by atoms with Gasteiger partial charge < -0.3 is 4.42 Å². The molecule has 0 saturated carbocycles. The van der Waals surface area contributed by atoms with Gasteiger partial charge in [-0.25, -0.2) is 5.43 Å². The Morgan fingerprint density at radius 2 is 1.85 bits per heavy atom. The number of hydrazine groups is 1. The van der Waals surface area contributed by atoms with Crippen molar-refractivity contribution in [3.8, 4) is 0 Å². The first-order valence-electron chi connectivity index (χ1n) is 6.09. The Kier molecular flexibility index (Phi) is 3.68. The molecule has 0 saturated heterocycles. The number of rotatable bonds is 3. The van der Waals surface area contributed by atoms with E-state index < -0.39 is 0 Å². The molecule has 0 spiro atoms. The summed E-state index contributed by atoms with van der Waals surface area (Å²) in [6, 6.07) is 14.8. The van der Waals surface area contributed by atoms with Gasteiger partial charge in [-0.05, 0) is 23.8 Å². The Morgan fingerprint density at radius 1 is 1.05 bits per heavy atom. The first kappa shape index (κ1) is 13.5. The average molecular weight is 307 g/mol. The highest BCUT2D eigenvalue weighted by Gasteiger charge is 2.20. The van der Waals surface area contributed by atoms with E-state index in [0.717, 1.165) is 16.5 Å². The van der Waals surface area contributed by atoms with Crippen LogP contribution in [0.3, 0.4) is 0 Å². The number of nitrogens with two attached hydrogens (primary N) is 1. The maximum Gasteiger partial charge on any atom is 0.134 e. The second kappa shape index (κ2) is 5.46. The lowest BCUT2D eigenvalue weighted by Gasteiger charge is -2.15. The molecule has 0 fully saturated rings. The Hall–Kier alpha value is -1.52. The summed E-state index contributed by atoms with van der Waals surface area (Å²) in [5.41, 5.74) is 4.31. The van der Waals surface area contributed by atoms with Crippen molar-refractivity contribution < 1.29 is 4.42 Å². The topological polar surface area (TPSA) is 51.2 Å². The van der Waals surface area contributed by atoms with Gasteiger partial charge in [0, 0.05) is 5.39 Å². The molecule has 0 aliphatic heterocycles. The second-order valence-corrected chi connectivity index (χ2v) is 5.21. The van der Waals surface area contributed by atoms with Crippen LogP contribution in [0.25, 0.3) is 11.0 Å². The quantitative estimate of drug-likeness (QED) is 0.560. The molecule has 1 heterocycles. The molecule has 0 radical (unpaired) electrons. The van der Waals surface area contributed by atoms with E-state index in [1.165, 1.54) is 0 Å². The van der Waals surface area contributed by atoms with Gasteiger partial charge in [-0.1, -0.05) is 53.5 Å². The van der Waals surface area contributed by atoms with Crippen LogP contribution in [-0.2, 0) is 0 Å². The van der Waals surface area contributed by atoms with Gasteiger partial charge in [0.05, 0.1) is 10.0 Å². The van der Waals surface area contributed by atoms with Crippen LogP contribution in [0.1, 0.15) is 17.4 Å². The van der Waals surface area contributed by atoms with Crippen LogP contribution >= 0.6 is 23.2 Å². The van der Waals surface area contributed by atoms with Crippen LogP contribution in [0.4, 0.5) is 0 Å². The van der Waals surface area contributed by atoms with Crippen molar-refractivity contribution in [1.29, 1.82) is 0 Å². The van der Waals surface area contributed by atoms with Crippen LogP contribution < -0.4 is 11.3 Å². The van der Waals surface area contributed by atoms with Crippen molar-refractivity contribution in [2.24, 2.45) is 5.84 Å². The number of nitrogens with one attached hydrogen (secondary N) is 1. The molecule has 0 aliphatic carbocycles. The summed E-state index contributed by atoms with van der Waals surface area (Å²) in [6.45, 7) is 0. The van der Waals surface area contributed by atoms with Gasteiger partial charge in [0.15, 0.2) is 0 Å². The van der Waals surface area contributed by atoms with E-state index in [4.69, 9.17) is 33.5 Å². The molecule has 1 atom stereocenters. The van der Waals surface area contributed by atoms with Gasteiger partial charge in [0.2, 0.25) is 0 Å². The predicted octanol–water partition coefficient (Wildman–Crippen LogP) is 4.29. The molecule has 1 unspecified atom stereocenters. The largest absolute Gasteiger partial charge is 0.459 e. The number of benzene rings is 2. The molecule has 1 aromatic heterocycles. The van der Waals surface area contributed by atoms with Crippen molar-refractivity contribution in [2.75, 3.05) is 0 Å². The van der Waals surface area contributed by atoms with Crippen LogP contribution in [-0.4, -0.2) is 0 Å². The van der Waals surface area contributed by atoms with Gasteiger partial charge >= 0.3 is 0 Å². The lowest BCUT2D eigenvalue weighted by atomic mass is 10.0. The van der Waals surface area contributed by atoms with Crippen molar-refractivity contribution in [1.82, 2.24) is 5.43 Å². The van der Waals surface area contributed by atoms with Gasteiger partial charge in [-0.15, -0.1) is 0 Å². The molecule has 5 heteroatoms. The summed E-state index contributed by atoms with van der Waals surface area (Å²) >= 11 is 12.3. The standard InChI is InChI=1S/C15H12Cl2N2O/c16-11-6-3-5-10(14(11)17)15(19-18)13-8-9-4-1-2-7-12(9)20-13/h1-8,15,19H,18H2. The number of furan rings is 1. The van der Waals surface area contributed by atoms with Crippen molar-refractivity contribution >= 4 is 34.2 Å². The Balaban J connectivity index is 2.11. The number of hydrogen-bond acceptors (Lipinski definition) is 3. The molecule has 3 aromatic rings. The van der Waals surface area contributed by atoms with Crippen molar-refractivity contribution in [3.63, 3.8) is 0 Å². The molecular weight excluding hydrogens is 295 g/mol. The van der Waals surface area contributed by atoms with E-state index >= 15 is 0 Å². The average Bonchev–Trinajstić information content (AvgIpc) is 2.87. The molecule has 20 heavy (non-hydrogen) atoms. The van der Waals surface area contributed by atoms with Crippen LogP contribution in [0.15, 0.2) is 52.9 Å². The van der Waals surface area contributed by atoms with Gasteiger partial charge in [-0.2, -0.15) is 0 Å². The molecule has 3 N–H and O–H groups in total. The molecule has 0 amide bonds. The zero-order valence-corrected chi connectivity index (χ0v) is 11.9. The van der Waals surface area contributed by atoms with Crippen molar-refractivity contribution in [2.45, 2.75) is 6.04 Å². The molecule has 2 aromatic carbocycles. The molecule has 0 bridgehead atoms. The smallest absolute Gasteiger partial charge is 0.134 e. The monoisotopic (exact) mass is 306 g/mol. The predicted molar refractivity (Wildman–Crippen MR) is 81.8 cm³/mol. The van der Waals surface area contributed by atoms with E-state index in [1.54, 1.807) is 6.07 Å². The second-order valence-electron chi connectivity index (χ2n) is 4.43. The van der Waals surface area contributed by atoms with Crippen LogP contribution in [0, 0.1) is 0 Å². The summed E-state index contributed by atoms with van der Waals surface area (Å²) in [4.78, 5) is 0. The third-order valence-corrected chi connectivity index (χ3v) is 4.02. The Labute approximate surface area is 126 Å². The van der Waals surface area contributed by atoms with E-state index in [-0.39, 0.29) is 6.04 Å². The Bertz CT molecular complexity index is 721. The van der Waals surface area contributed by atoms with Crippen LogP contribution in [0.5, 0.6) is 0 Å². The zero-order valence-electron chi connectivity index (χ0n) is 10.4. The molecule has 0 aliphatic rings. The van der Waals surface area contributed by atoms with Crippen LogP contribution in [0.2, 0.25) is 10.0 Å². The Morgan fingerprint density at radius 3 is 2.60 bits per heavy atom. The van der Waals surface area contributed by atoms with E-state index in [2.05, 4.69) is 5.43 Å². The normalized spacial score (nSPS) is 12.8. The van der Waals surface area contributed by atoms with Gasteiger partial charge in [0.25, 0.3) is 0 Å². The summed E-state index contributed by atoms with van der Waals surface area (Å²) in [5.74, 6) is 6.36. The third-order valence-electron chi connectivity index (χ3n) is 3.19. The summed E-state index contributed by atoms with van der Waals surface area (Å²) < 4.78 is 5.83.